The Morgan fingerprint density at radius 3 is 2.11 bits per heavy atom. The van der Waals surface area contributed by atoms with Gasteiger partial charge in [0, 0.05) is 36.5 Å². The fourth-order valence-corrected chi connectivity index (χ4v) is 4.85. The Morgan fingerprint density at radius 2 is 1.45 bits per heavy atom. The number of H-pyrrole nitrogens is 1. The molecule has 0 saturated heterocycles. The molecule has 14 N–H and O–H groups in total. The lowest BCUT2D eigenvalue weighted by molar-refractivity contribution is -0.142. The van der Waals surface area contributed by atoms with E-state index in [0.29, 0.717) is 11.1 Å². The molecule has 4 unspecified atom stereocenters. The van der Waals surface area contributed by atoms with Gasteiger partial charge in [-0.1, -0.05) is 30.3 Å². The summed E-state index contributed by atoms with van der Waals surface area (Å²) in [6.45, 7) is 0.119. The molecule has 1 aromatic heterocycles. The molecule has 0 saturated carbocycles. The number of aromatic amines is 1. The summed E-state index contributed by atoms with van der Waals surface area (Å²) < 4.78 is 0. The number of para-hydroxylation sites is 1. The Bertz CT molecular complexity index is 1590. The number of aliphatic imine (C=N–C) groups is 1. The highest BCUT2D eigenvalue weighted by Gasteiger charge is 2.31. The lowest BCUT2D eigenvalue weighted by atomic mass is 10.0. The minimum atomic E-state index is -1.45. The Balaban J connectivity index is 1.85. The van der Waals surface area contributed by atoms with Crippen LogP contribution in [0.1, 0.15) is 36.8 Å². The first kappa shape index (κ1) is 35.8. The van der Waals surface area contributed by atoms with Gasteiger partial charge in [-0.05, 0) is 55.0 Å². The average Bonchev–Trinajstić information content (AvgIpc) is 3.43. The van der Waals surface area contributed by atoms with Gasteiger partial charge in [0.1, 0.15) is 23.9 Å². The minimum Gasteiger partial charge on any atom is -0.508 e. The van der Waals surface area contributed by atoms with Gasteiger partial charge in [-0.25, -0.2) is 4.79 Å². The number of amides is 4. The number of hydrogen-bond donors (Lipinski definition) is 10. The molecule has 0 aliphatic rings. The van der Waals surface area contributed by atoms with Crippen molar-refractivity contribution in [2.75, 3.05) is 6.54 Å². The van der Waals surface area contributed by atoms with Crippen LogP contribution in [0.2, 0.25) is 0 Å². The summed E-state index contributed by atoms with van der Waals surface area (Å²) in [7, 11) is 0. The third-order valence-electron chi connectivity index (χ3n) is 7.33. The molecule has 47 heavy (non-hydrogen) atoms. The van der Waals surface area contributed by atoms with Crippen LogP contribution >= 0.6 is 0 Å². The number of aliphatic carboxylic acids is 1. The number of nitrogens with one attached hydrogen (secondary N) is 4. The average molecular weight is 652 g/mol. The number of carbonyl (C=O) groups excluding carboxylic acids is 4. The molecule has 0 aliphatic heterocycles. The molecular formula is C31H41N9O7. The molecule has 0 fully saturated rings. The second-order valence-electron chi connectivity index (χ2n) is 11.0. The minimum absolute atomic E-state index is 0.00459. The van der Waals surface area contributed by atoms with E-state index in [9.17, 15) is 34.2 Å². The summed E-state index contributed by atoms with van der Waals surface area (Å²) >= 11 is 0. The molecule has 3 rings (SSSR count). The van der Waals surface area contributed by atoms with Gasteiger partial charge in [-0.3, -0.25) is 24.2 Å². The molecule has 1 heterocycles. The van der Waals surface area contributed by atoms with Crippen LogP contribution in [0.5, 0.6) is 5.75 Å². The summed E-state index contributed by atoms with van der Waals surface area (Å²) in [6.07, 6.45) is 1.53. The number of carboxylic acids is 1. The molecule has 4 amide bonds. The monoisotopic (exact) mass is 651 g/mol. The number of phenols is 1. The number of carbonyl (C=O) groups is 5. The molecule has 4 atom stereocenters. The fourth-order valence-electron chi connectivity index (χ4n) is 4.85. The van der Waals surface area contributed by atoms with Gasteiger partial charge in [-0.2, -0.15) is 0 Å². The first-order chi connectivity index (χ1) is 22.3. The van der Waals surface area contributed by atoms with Crippen LogP contribution in [0, 0.1) is 0 Å². The standard InChI is InChI=1S/C31H41N9O7/c32-21(14-17-7-9-19(41)10-8-17)27(43)40-25(15-18-16-37-22-5-2-1-4-20(18)22)29(45)38-23(6-3-13-36-31(34)35)28(44)39-24(30(46)47)11-12-26(33)42/h1-2,4-5,7-10,16,21,23-25,37,41H,3,6,11-15,32H2,(H2,33,42)(H,38,45)(H,39,44)(H,40,43)(H,46,47)(H4,34,35,36). The normalized spacial score (nSPS) is 13.5. The topological polar surface area (TPSA) is 294 Å². The van der Waals surface area contributed by atoms with Crippen LogP contribution in [0.15, 0.2) is 59.7 Å². The maximum absolute atomic E-state index is 13.8. The van der Waals surface area contributed by atoms with Gasteiger partial charge in [-0.15, -0.1) is 0 Å². The summed E-state index contributed by atoms with van der Waals surface area (Å²) in [5.74, 6) is -4.44. The molecule has 16 heteroatoms. The molecule has 0 radical (unpaired) electrons. The van der Waals surface area contributed by atoms with Crippen molar-refractivity contribution >= 4 is 46.5 Å². The number of primary amides is 1. The number of rotatable bonds is 18. The van der Waals surface area contributed by atoms with Crippen LogP contribution in [0.3, 0.4) is 0 Å². The summed E-state index contributed by atoms with van der Waals surface area (Å²) in [5.41, 5.74) is 24.3. The van der Waals surface area contributed by atoms with Gasteiger partial charge in [0.15, 0.2) is 5.96 Å². The maximum Gasteiger partial charge on any atom is 0.326 e. The number of benzene rings is 2. The van der Waals surface area contributed by atoms with E-state index in [1.165, 1.54) is 12.1 Å². The number of aromatic nitrogens is 1. The highest BCUT2D eigenvalue weighted by atomic mass is 16.4. The smallest absolute Gasteiger partial charge is 0.326 e. The van der Waals surface area contributed by atoms with Crippen molar-refractivity contribution in [3.05, 3.63) is 65.9 Å². The van der Waals surface area contributed by atoms with Crippen LogP contribution in [0.25, 0.3) is 10.9 Å². The van der Waals surface area contributed by atoms with Gasteiger partial charge in [0.05, 0.1) is 6.04 Å². The SMILES string of the molecule is NC(=O)CCC(NC(=O)C(CCCN=C(N)N)NC(=O)C(Cc1c[nH]c2ccccc12)NC(=O)C(N)Cc1ccc(O)cc1)C(=O)O. The molecule has 3 aromatic rings. The lowest BCUT2D eigenvalue weighted by Gasteiger charge is -2.25. The fraction of sp³-hybridized carbons (Fsp3) is 0.355. The van der Waals surface area contributed by atoms with Crippen LogP contribution in [-0.2, 0) is 36.8 Å². The second-order valence-corrected chi connectivity index (χ2v) is 11.0. The zero-order valence-corrected chi connectivity index (χ0v) is 25.6. The molecule has 0 spiro atoms. The van der Waals surface area contributed by atoms with Crippen LogP contribution in [0.4, 0.5) is 0 Å². The number of nitrogens with zero attached hydrogens (tertiary/aromatic N) is 1. The maximum atomic E-state index is 13.8. The van der Waals surface area contributed by atoms with Crippen molar-refractivity contribution in [2.45, 2.75) is 62.7 Å². The predicted octanol–water partition coefficient (Wildman–Crippen LogP) is -1.16. The molecular weight excluding hydrogens is 610 g/mol. The Hall–Kier alpha value is -5.64. The van der Waals surface area contributed by atoms with Gasteiger partial charge in [0.2, 0.25) is 23.6 Å². The lowest BCUT2D eigenvalue weighted by Crippen LogP contribution is -2.57. The van der Waals surface area contributed by atoms with Crippen molar-refractivity contribution in [3.63, 3.8) is 0 Å². The highest BCUT2D eigenvalue weighted by molar-refractivity contribution is 5.95. The number of phenolic OH excluding ortho intramolecular Hbond substituents is 1. The van der Waals surface area contributed by atoms with E-state index in [0.717, 1.165) is 10.9 Å². The summed E-state index contributed by atoms with van der Waals surface area (Å²) in [6, 6.07) is 8.58. The van der Waals surface area contributed by atoms with Crippen molar-refractivity contribution in [1.82, 2.24) is 20.9 Å². The predicted molar refractivity (Wildman–Crippen MR) is 174 cm³/mol. The number of aromatic hydroxyl groups is 1. The molecule has 252 valence electrons. The number of nitrogens with two attached hydrogens (primary N) is 4. The van der Waals surface area contributed by atoms with Gasteiger partial charge in [0.25, 0.3) is 0 Å². The van der Waals surface area contributed by atoms with E-state index in [1.807, 2.05) is 24.3 Å². The quantitative estimate of drug-likeness (QED) is 0.0447. The summed E-state index contributed by atoms with van der Waals surface area (Å²) in [4.78, 5) is 70.4. The molecule has 0 aliphatic carbocycles. The Kier molecular flexibility index (Phi) is 13.1. The van der Waals surface area contributed by atoms with Crippen LogP contribution < -0.4 is 38.9 Å². The molecule has 0 bridgehead atoms. The number of fused-ring (bicyclic) bond motifs is 1. The Morgan fingerprint density at radius 1 is 0.809 bits per heavy atom. The zero-order chi connectivity index (χ0) is 34.5. The van der Waals surface area contributed by atoms with E-state index in [4.69, 9.17) is 22.9 Å². The largest absolute Gasteiger partial charge is 0.508 e. The number of hydrogen-bond acceptors (Lipinski definition) is 8. The second kappa shape index (κ2) is 17.2. The number of guanidine groups is 1. The summed E-state index contributed by atoms with van der Waals surface area (Å²) in [5, 5.41) is 27.6. The zero-order valence-electron chi connectivity index (χ0n) is 25.6. The first-order valence-electron chi connectivity index (χ1n) is 14.9. The van der Waals surface area contributed by atoms with E-state index in [1.54, 1.807) is 18.3 Å². The van der Waals surface area contributed by atoms with Crippen LogP contribution in [-0.4, -0.2) is 81.5 Å². The van der Waals surface area contributed by atoms with Gasteiger partial charge < -0.3 is 54.1 Å². The molecule has 16 nitrogen and oxygen atoms in total. The van der Waals surface area contributed by atoms with Gasteiger partial charge >= 0.3 is 5.97 Å². The van der Waals surface area contributed by atoms with Crippen molar-refractivity contribution in [3.8, 4) is 5.75 Å². The van der Waals surface area contributed by atoms with Crippen molar-refractivity contribution in [2.24, 2.45) is 27.9 Å². The number of carboxylic acid groups (broad SMARTS) is 1. The van der Waals surface area contributed by atoms with Crippen molar-refractivity contribution < 1.29 is 34.2 Å². The Labute approximate surface area is 270 Å². The third kappa shape index (κ3) is 11.3. The van der Waals surface area contributed by atoms with E-state index >= 15 is 0 Å². The van der Waals surface area contributed by atoms with E-state index in [2.05, 4.69) is 25.9 Å². The highest BCUT2D eigenvalue weighted by Crippen LogP contribution is 2.20. The van der Waals surface area contributed by atoms with E-state index < -0.39 is 53.8 Å². The molecule has 2 aromatic carbocycles. The third-order valence-corrected chi connectivity index (χ3v) is 7.33. The first-order valence-corrected chi connectivity index (χ1v) is 14.9. The van der Waals surface area contributed by atoms with Crippen molar-refractivity contribution in [1.29, 1.82) is 0 Å². The van der Waals surface area contributed by atoms with E-state index in [-0.39, 0.29) is 56.8 Å².